The van der Waals surface area contributed by atoms with Crippen molar-refractivity contribution in [1.82, 2.24) is 0 Å². The first-order valence-corrected chi connectivity index (χ1v) is 6.34. The molecular formula is C15H20O3. The molecule has 1 aliphatic carbocycles. The summed E-state index contributed by atoms with van der Waals surface area (Å²) in [6, 6.07) is 5.91. The molecule has 0 bridgehead atoms. The van der Waals surface area contributed by atoms with E-state index in [1.807, 2.05) is 25.1 Å². The van der Waals surface area contributed by atoms with Crippen LogP contribution in [-0.2, 0) is 16.0 Å². The Morgan fingerprint density at radius 2 is 2.11 bits per heavy atom. The maximum absolute atomic E-state index is 12.2. The molecule has 1 aromatic rings. The van der Waals surface area contributed by atoms with E-state index in [2.05, 4.69) is 0 Å². The molecule has 0 heterocycles. The number of methoxy groups -OCH3 is 2. The molecule has 1 unspecified atom stereocenters. The lowest BCUT2D eigenvalue weighted by Gasteiger charge is -2.14. The molecule has 0 spiro atoms. The fourth-order valence-electron chi connectivity index (χ4n) is 2.32. The summed E-state index contributed by atoms with van der Waals surface area (Å²) in [5, 5.41) is 0. The highest BCUT2D eigenvalue weighted by Gasteiger charge is 2.36. The minimum absolute atomic E-state index is 0.156. The molecule has 2 rings (SSSR count). The lowest BCUT2D eigenvalue weighted by Crippen LogP contribution is -2.27. The van der Waals surface area contributed by atoms with Gasteiger partial charge in [-0.3, -0.25) is 4.79 Å². The van der Waals surface area contributed by atoms with Crippen LogP contribution in [0.2, 0.25) is 0 Å². The van der Waals surface area contributed by atoms with Gasteiger partial charge in [0, 0.05) is 19.1 Å². The monoisotopic (exact) mass is 248 g/mol. The standard InChI is InChI=1S/C15H20O3/c1-10-4-7-14(17-2)12(8-10)9-13(16)15(18-3)11-5-6-11/h4,7-8,11,15H,5-6,9H2,1-3H3. The second kappa shape index (κ2) is 5.53. The molecule has 0 saturated heterocycles. The Morgan fingerprint density at radius 3 is 2.67 bits per heavy atom. The van der Waals surface area contributed by atoms with Gasteiger partial charge in [0.05, 0.1) is 7.11 Å². The number of rotatable bonds is 6. The summed E-state index contributed by atoms with van der Waals surface area (Å²) in [6.07, 6.45) is 2.36. The number of Topliss-reactive ketones (excluding diaryl/α,β-unsaturated/α-hetero) is 1. The van der Waals surface area contributed by atoms with Gasteiger partial charge in [0.15, 0.2) is 5.78 Å². The Morgan fingerprint density at radius 1 is 1.39 bits per heavy atom. The van der Waals surface area contributed by atoms with Crippen molar-refractivity contribution in [3.05, 3.63) is 29.3 Å². The molecule has 0 aromatic heterocycles. The van der Waals surface area contributed by atoms with Crippen LogP contribution in [0.4, 0.5) is 0 Å². The number of hydrogen-bond donors (Lipinski definition) is 0. The van der Waals surface area contributed by atoms with Gasteiger partial charge in [0.2, 0.25) is 0 Å². The van der Waals surface area contributed by atoms with Crippen molar-refractivity contribution in [1.29, 1.82) is 0 Å². The number of aryl methyl sites for hydroxylation is 1. The maximum Gasteiger partial charge on any atom is 0.166 e. The van der Waals surface area contributed by atoms with E-state index in [0.29, 0.717) is 12.3 Å². The highest BCUT2D eigenvalue weighted by Crippen LogP contribution is 2.35. The Balaban J connectivity index is 2.12. The molecule has 1 saturated carbocycles. The lowest BCUT2D eigenvalue weighted by molar-refractivity contribution is -0.129. The zero-order valence-corrected chi connectivity index (χ0v) is 11.2. The smallest absolute Gasteiger partial charge is 0.166 e. The topological polar surface area (TPSA) is 35.5 Å². The van der Waals surface area contributed by atoms with Crippen LogP contribution in [0.5, 0.6) is 5.75 Å². The molecule has 3 heteroatoms. The molecule has 1 fully saturated rings. The molecule has 1 atom stereocenters. The second-order valence-electron chi connectivity index (χ2n) is 4.95. The largest absolute Gasteiger partial charge is 0.496 e. The van der Waals surface area contributed by atoms with Gasteiger partial charge in [-0.1, -0.05) is 17.7 Å². The highest BCUT2D eigenvalue weighted by molar-refractivity contribution is 5.86. The van der Waals surface area contributed by atoms with Gasteiger partial charge >= 0.3 is 0 Å². The number of ether oxygens (including phenoxy) is 2. The second-order valence-corrected chi connectivity index (χ2v) is 4.95. The van der Waals surface area contributed by atoms with Crippen LogP contribution >= 0.6 is 0 Å². The number of benzene rings is 1. The summed E-state index contributed by atoms with van der Waals surface area (Å²) in [6.45, 7) is 2.02. The number of carbonyl (C=O) groups is 1. The molecule has 0 radical (unpaired) electrons. The van der Waals surface area contributed by atoms with Crippen LogP contribution in [0, 0.1) is 12.8 Å². The van der Waals surface area contributed by atoms with Crippen molar-refractivity contribution < 1.29 is 14.3 Å². The molecule has 3 nitrogen and oxygen atoms in total. The molecule has 0 amide bonds. The van der Waals surface area contributed by atoms with E-state index >= 15 is 0 Å². The van der Waals surface area contributed by atoms with Gasteiger partial charge in [-0.05, 0) is 31.7 Å². The SMILES string of the molecule is COc1ccc(C)cc1CC(=O)C(OC)C1CC1. The molecule has 18 heavy (non-hydrogen) atoms. The summed E-state index contributed by atoms with van der Waals surface area (Å²) in [5.41, 5.74) is 2.09. The summed E-state index contributed by atoms with van der Waals surface area (Å²) in [4.78, 5) is 12.2. The van der Waals surface area contributed by atoms with Crippen LogP contribution in [-0.4, -0.2) is 26.1 Å². The summed E-state index contributed by atoms with van der Waals surface area (Å²) < 4.78 is 10.6. The van der Waals surface area contributed by atoms with Crippen LogP contribution < -0.4 is 4.74 Å². The van der Waals surface area contributed by atoms with Gasteiger partial charge in [0.1, 0.15) is 11.9 Å². The van der Waals surface area contributed by atoms with Gasteiger partial charge in [-0.25, -0.2) is 0 Å². The van der Waals surface area contributed by atoms with E-state index < -0.39 is 0 Å². The van der Waals surface area contributed by atoms with Crippen molar-refractivity contribution in [2.24, 2.45) is 5.92 Å². The average Bonchev–Trinajstić information content (AvgIpc) is 3.15. The van der Waals surface area contributed by atoms with Crippen LogP contribution in [0.1, 0.15) is 24.0 Å². The summed E-state index contributed by atoms with van der Waals surface area (Å²) in [5.74, 6) is 1.36. The third-order valence-corrected chi connectivity index (χ3v) is 3.42. The quantitative estimate of drug-likeness (QED) is 0.776. The van der Waals surface area contributed by atoms with Crippen LogP contribution in [0.3, 0.4) is 0 Å². The van der Waals surface area contributed by atoms with E-state index in [1.54, 1.807) is 14.2 Å². The summed E-state index contributed by atoms with van der Waals surface area (Å²) >= 11 is 0. The van der Waals surface area contributed by atoms with Gasteiger partial charge in [-0.2, -0.15) is 0 Å². The fourth-order valence-corrected chi connectivity index (χ4v) is 2.32. The van der Waals surface area contributed by atoms with Gasteiger partial charge < -0.3 is 9.47 Å². The zero-order valence-electron chi connectivity index (χ0n) is 11.2. The minimum atomic E-state index is -0.241. The molecule has 1 aromatic carbocycles. The third-order valence-electron chi connectivity index (χ3n) is 3.42. The normalized spacial score (nSPS) is 16.4. The van der Waals surface area contributed by atoms with Crippen molar-refractivity contribution >= 4 is 5.78 Å². The number of hydrogen-bond acceptors (Lipinski definition) is 3. The van der Waals surface area contributed by atoms with E-state index in [4.69, 9.17) is 9.47 Å². The molecule has 98 valence electrons. The average molecular weight is 248 g/mol. The van der Waals surface area contributed by atoms with Crippen LogP contribution in [0.15, 0.2) is 18.2 Å². The van der Waals surface area contributed by atoms with Crippen molar-refractivity contribution in [3.8, 4) is 5.75 Å². The third kappa shape index (κ3) is 2.91. The first-order valence-electron chi connectivity index (χ1n) is 6.34. The Kier molecular flexibility index (Phi) is 4.02. The first-order chi connectivity index (χ1) is 8.65. The Bertz CT molecular complexity index is 435. The number of ketones is 1. The van der Waals surface area contributed by atoms with Crippen molar-refractivity contribution in [3.63, 3.8) is 0 Å². The zero-order chi connectivity index (χ0) is 13.1. The van der Waals surface area contributed by atoms with Crippen molar-refractivity contribution in [2.75, 3.05) is 14.2 Å². The number of carbonyl (C=O) groups excluding carboxylic acids is 1. The van der Waals surface area contributed by atoms with E-state index in [-0.39, 0.29) is 11.9 Å². The van der Waals surface area contributed by atoms with Gasteiger partial charge in [0.25, 0.3) is 0 Å². The summed E-state index contributed by atoms with van der Waals surface area (Å²) in [7, 11) is 3.25. The van der Waals surface area contributed by atoms with E-state index in [0.717, 1.165) is 29.7 Å². The predicted molar refractivity (Wildman–Crippen MR) is 70.0 cm³/mol. The molecular weight excluding hydrogens is 228 g/mol. The molecule has 0 aliphatic heterocycles. The minimum Gasteiger partial charge on any atom is -0.496 e. The maximum atomic E-state index is 12.2. The van der Waals surface area contributed by atoms with Crippen molar-refractivity contribution in [2.45, 2.75) is 32.3 Å². The highest BCUT2D eigenvalue weighted by atomic mass is 16.5. The van der Waals surface area contributed by atoms with E-state index in [9.17, 15) is 4.79 Å². The Hall–Kier alpha value is -1.35. The van der Waals surface area contributed by atoms with E-state index in [1.165, 1.54) is 0 Å². The predicted octanol–water partition coefficient (Wildman–Crippen LogP) is 2.54. The fraction of sp³-hybridized carbons (Fsp3) is 0.533. The van der Waals surface area contributed by atoms with Gasteiger partial charge in [-0.15, -0.1) is 0 Å². The first kappa shape index (κ1) is 13.1. The molecule has 1 aliphatic rings. The van der Waals surface area contributed by atoms with Crippen LogP contribution in [0.25, 0.3) is 0 Å². The Labute approximate surface area is 108 Å². The molecule has 0 N–H and O–H groups in total. The lowest BCUT2D eigenvalue weighted by atomic mass is 10.0.